The summed E-state index contributed by atoms with van der Waals surface area (Å²) in [5, 5.41) is 3.03. The smallest absolute Gasteiger partial charge is 0.244 e. The normalized spacial score (nSPS) is 18.5. The van der Waals surface area contributed by atoms with E-state index >= 15 is 0 Å². The lowest BCUT2D eigenvalue weighted by Gasteiger charge is -2.38. The maximum absolute atomic E-state index is 13.1. The summed E-state index contributed by atoms with van der Waals surface area (Å²) < 4.78 is 37.3. The number of carbonyl (C=O) groups is 1. The van der Waals surface area contributed by atoms with E-state index in [2.05, 4.69) is 5.32 Å². The SMILES string of the molecule is COc1ccc(N(C(C)C(=O)NC2CC(C)(C)Oc3ccccc32)S(C)(=O)=O)cc1. The molecule has 2 atom stereocenters. The van der Waals surface area contributed by atoms with Gasteiger partial charge in [0.2, 0.25) is 15.9 Å². The summed E-state index contributed by atoms with van der Waals surface area (Å²) in [5.41, 5.74) is 0.823. The molecule has 3 rings (SSSR count). The first-order valence-electron chi connectivity index (χ1n) is 9.73. The fraction of sp³-hybridized carbons (Fsp3) is 0.409. The van der Waals surface area contributed by atoms with E-state index in [1.807, 2.05) is 38.1 Å². The zero-order chi connectivity index (χ0) is 22.1. The Balaban J connectivity index is 1.87. The van der Waals surface area contributed by atoms with E-state index in [1.54, 1.807) is 31.2 Å². The number of sulfonamides is 1. The summed E-state index contributed by atoms with van der Waals surface area (Å²) in [6.45, 7) is 5.51. The summed E-state index contributed by atoms with van der Waals surface area (Å²) >= 11 is 0. The number of nitrogens with zero attached hydrogens (tertiary/aromatic N) is 1. The van der Waals surface area contributed by atoms with Gasteiger partial charge in [0, 0.05) is 12.0 Å². The van der Waals surface area contributed by atoms with Crippen molar-refractivity contribution < 1.29 is 22.7 Å². The zero-order valence-corrected chi connectivity index (χ0v) is 18.7. The van der Waals surface area contributed by atoms with Gasteiger partial charge in [0.25, 0.3) is 0 Å². The van der Waals surface area contributed by atoms with Crippen LogP contribution in [0.3, 0.4) is 0 Å². The molecule has 2 unspecified atom stereocenters. The Morgan fingerprint density at radius 2 is 1.83 bits per heavy atom. The molecule has 2 aromatic rings. The number of amides is 1. The minimum absolute atomic E-state index is 0.280. The van der Waals surface area contributed by atoms with Crippen molar-refractivity contribution in [2.45, 2.75) is 44.9 Å². The number of fused-ring (bicyclic) bond motifs is 1. The lowest BCUT2D eigenvalue weighted by atomic mass is 9.89. The van der Waals surface area contributed by atoms with Crippen LogP contribution in [-0.2, 0) is 14.8 Å². The maximum atomic E-state index is 13.1. The fourth-order valence-corrected chi connectivity index (χ4v) is 4.94. The van der Waals surface area contributed by atoms with Gasteiger partial charge in [0.15, 0.2) is 0 Å². The molecule has 2 aromatic carbocycles. The zero-order valence-electron chi connectivity index (χ0n) is 17.9. The minimum Gasteiger partial charge on any atom is -0.497 e. The van der Waals surface area contributed by atoms with Crippen molar-refractivity contribution in [1.82, 2.24) is 5.32 Å². The van der Waals surface area contributed by atoms with Gasteiger partial charge in [-0.3, -0.25) is 9.10 Å². The second-order valence-electron chi connectivity index (χ2n) is 8.10. The van der Waals surface area contributed by atoms with E-state index in [1.165, 1.54) is 7.11 Å². The van der Waals surface area contributed by atoms with Crippen LogP contribution in [-0.4, -0.2) is 39.3 Å². The first-order valence-corrected chi connectivity index (χ1v) is 11.6. The van der Waals surface area contributed by atoms with Crippen LogP contribution in [0.4, 0.5) is 5.69 Å². The molecular formula is C22H28N2O5S. The molecule has 0 spiro atoms. The first kappa shape index (κ1) is 22.0. The number of ether oxygens (including phenoxy) is 2. The molecule has 0 bridgehead atoms. The van der Waals surface area contributed by atoms with Crippen molar-refractivity contribution in [1.29, 1.82) is 0 Å². The minimum atomic E-state index is -3.70. The predicted octanol–water partition coefficient (Wildman–Crippen LogP) is 3.27. The van der Waals surface area contributed by atoms with Crippen molar-refractivity contribution in [3.05, 3.63) is 54.1 Å². The molecule has 8 heteroatoms. The number of nitrogens with one attached hydrogen (secondary N) is 1. The monoisotopic (exact) mass is 432 g/mol. The van der Waals surface area contributed by atoms with Crippen LogP contribution in [0, 0.1) is 0 Å². The Labute approximate surface area is 178 Å². The van der Waals surface area contributed by atoms with Gasteiger partial charge < -0.3 is 14.8 Å². The molecule has 0 radical (unpaired) electrons. The molecule has 0 fully saturated rings. The van der Waals surface area contributed by atoms with Crippen molar-refractivity contribution >= 4 is 21.6 Å². The number of hydrogen-bond donors (Lipinski definition) is 1. The van der Waals surface area contributed by atoms with Crippen molar-refractivity contribution in [2.24, 2.45) is 0 Å². The van der Waals surface area contributed by atoms with Crippen LogP contribution in [0.1, 0.15) is 38.8 Å². The highest BCUT2D eigenvalue weighted by molar-refractivity contribution is 7.92. The van der Waals surface area contributed by atoms with Crippen LogP contribution in [0.25, 0.3) is 0 Å². The number of hydrogen-bond acceptors (Lipinski definition) is 5. The Morgan fingerprint density at radius 3 is 2.43 bits per heavy atom. The van der Waals surface area contributed by atoms with Gasteiger partial charge in [0.05, 0.1) is 25.1 Å². The standard InChI is InChI=1S/C22H28N2O5S/c1-15(24(30(5,26)27)16-10-12-17(28-4)13-11-16)21(25)23-19-14-22(2,3)29-20-9-7-6-8-18(19)20/h6-13,15,19H,14H2,1-5H3,(H,23,25). The molecule has 162 valence electrons. The van der Waals surface area contributed by atoms with E-state index in [-0.39, 0.29) is 11.9 Å². The highest BCUT2D eigenvalue weighted by atomic mass is 32.2. The third-order valence-corrected chi connectivity index (χ3v) is 6.35. The number of para-hydroxylation sites is 1. The largest absolute Gasteiger partial charge is 0.497 e. The number of rotatable bonds is 6. The molecule has 0 aromatic heterocycles. The van der Waals surface area contributed by atoms with Crippen molar-refractivity contribution in [3.8, 4) is 11.5 Å². The lowest BCUT2D eigenvalue weighted by molar-refractivity contribution is -0.123. The molecule has 1 aliphatic heterocycles. The van der Waals surface area contributed by atoms with Crippen LogP contribution in [0.5, 0.6) is 11.5 Å². The number of methoxy groups -OCH3 is 1. The highest BCUT2D eigenvalue weighted by Gasteiger charge is 2.36. The quantitative estimate of drug-likeness (QED) is 0.757. The van der Waals surface area contributed by atoms with Gasteiger partial charge in [-0.25, -0.2) is 8.42 Å². The molecule has 7 nitrogen and oxygen atoms in total. The maximum Gasteiger partial charge on any atom is 0.244 e. The molecule has 0 saturated carbocycles. The highest BCUT2D eigenvalue weighted by Crippen LogP contribution is 2.39. The average Bonchev–Trinajstić information content (AvgIpc) is 2.66. The summed E-state index contributed by atoms with van der Waals surface area (Å²) in [7, 11) is -2.16. The molecule has 30 heavy (non-hydrogen) atoms. The third kappa shape index (κ3) is 4.70. The fourth-order valence-electron chi connectivity index (χ4n) is 3.76. The summed E-state index contributed by atoms with van der Waals surface area (Å²) in [5.74, 6) is 0.945. The lowest BCUT2D eigenvalue weighted by Crippen LogP contribution is -2.50. The number of benzene rings is 2. The Bertz CT molecular complexity index is 1020. The summed E-state index contributed by atoms with van der Waals surface area (Å²) in [4.78, 5) is 13.1. The predicted molar refractivity (Wildman–Crippen MR) is 116 cm³/mol. The number of anilines is 1. The van der Waals surface area contributed by atoms with Gasteiger partial charge in [-0.1, -0.05) is 18.2 Å². The van der Waals surface area contributed by atoms with E-state index in [0.717, 1.165) is 21.9 Å². The first-order chi connectivity index (χ1) is 14.0. The van der Waals surface area contributed by atoms with E-state index < -0.39 is 21.7 Å². The van der Waals surface area contributed by atoms with Gasteiger partial charge in [-0.15, -0.1) is 0 Å². The second-order valence-corrected chi connectivity index (χ2v) is 9.96. The Morgan fingerprint density at radius 1 is 1.20 bits per heavy atom. The van der Waals surface area contributed by atoms with Gasteiger partial charge in [0.1, 0.15) is 23.1 Å². The van der Waals surface area contributed by atoms with E-state index in [9.17, 15) is 13.2 Å². The van der Waals surface area contributed by atoms with Gasteiger partial charge in [-0.05, 0) is 51.1 Å². The molecular weight excluding hydrogens is 404 g/mol. The van der Waals surface area contributed by atoms with Crippen LogP contribution >= 0.6 is 0 Å². The molecule has 1 N–H and O–H groups in total. The Kier molecular flexibility index (Phi) is 5.99. The molecule has 0 saturated heterocycles. The van der Waals surface area contributed by atoms with E-state index in [4.69, 9.17) is 9.47 Å². The molecule has 1 heterocycles. The average molecular weight is 433 g/mol. The molecule has 1 aliphatic rings. The van der Waals surface area contributed by atoms with Crippen molar-refractivity contribution in [3.63, 3.8) is 0 Å². The Hall–Kier alpha value is -2.74. The van der Waals surface area contributed by atoms with Crippen LogP contribution in [0.2, 0.25) is 0 Å². The summed E-state index contributed by atoms with van der Waals surface area (Å²) in [6, 6.07) is 12.9. The number of carbonyl (C=O) groups excluding carboxylic acids is 1. The molecule has 1 amide bonds. The van der Waals surface area contributed by atoms with Crippen LogP contribution in [0.15, 0.2) is 48.5 Å². The van der Waals surface area contributed by atoms with Gasteiger partial charge >= 0.3 is 0 Å². The second kappa shape index (κ2) is 8.18. The summed E-state index contributed by atoms with van der Waals surface area (Å²) in [6.07, 6.45) is 1.66. The van der Waals surface area contributed by atoms with E-state index in [0.29, 0.717) is 17.9 Å². The van der Waals surface area contributed by atoms with Crippen molar-refractivity contribution in [2.75, 3.05) is 17.7 Å². The topological polar surface area (TPSA) is 84.9 Å². The van der Waals surface area contributed by atoms with Gasteiger partial charge in [-0.2, -0.15) is 0 Å². The molecule has 0 aliphatic carbocycles. The van der Waals surface area contributed by atoms with Crippen LogP contribution < -0.4 is 19.1 Å². The third-order valence-electron chi connectivity index (χ3n) is 5.11.